The molecule has 1 heterocycles. The van der Waals surface area contributed by atoms with Crippen molar-refractivity contribution in [3.8, 4) is 0 Å². The summed E-state index contributed by atoms with van der Waals surface area (Å²) in [6.07, 6.45) is 2.29. The Kier molecular flexibility index (Phi) is 2.66. The number of carbonyl (C=O) groups is 1. The molecule has 1 saturated carbocycles. The fourth-order valence-electron chi connectivity index (χ4n) is 1.80. The molecular formula is C12H15FN2O. The normalized spacial score (nSPS) is 15.9. The molecule has 3 nitrogen and oxygen atoms in total. The van der Waals surface area contributed by atoms with Crippen LogP contribution >= 0.6 is 0 Å². The monoisotopic (exact) mass is 222 g/mol. The number of hydrogen-bond donors (Lipinski definition) is 1. The summed E-state index contributed by atoms with van der Waals surface area (Å²) >= 11 is 0. The third-order valence-corrected chi connectivity index (χ3v) is 2.98. The van der Waals surface area contributed by atoms with Crippen molar-refractivity contribution >= 4 is 5.91 Å². The second kappa shape index (κ2) is 3.85. The maximum atomic E-state index is 12.8. The molecule has 86 valence electrons. The van der Waals surface area contributed by atoms with Crippen molar-refractivity contribution < 1.29 is 9.18 Å². The van der Waals surface area contributed by atoms with Crippen LogP contribution in [0.2, 0.25) is 0 Å². The summed E-state index contributed by atoms with van der Waals surface area (Å²) < 4.78 is 12.8. The van der Waals surface area contributed by atoms with Crippen LogP contribution in [0.15, 0.2) is 18.2 Å². The quantitative estimate of drug-likeness (QED) is 0.796. The lowest BCUT2D eigenvalue weighted by molar-refractivity contribution is 0.0897. The highest BCUT2D eigenvalue weighted by molar-refractivity contribution is 5.92. The smallest absolute Gasteiger partial charge is 0.270 e. The number of nitrogens with zero attached hydrogens (tertiary/aromatic N) is 1. The molecule has 1 N–H and O–H groups in total. The highest BCUT2D eigenvalue weighted by atomic mass is 19.1. The Labute approximate surface area is 94.1 Å². The molecule has 1 aliphatic rings. The van der Waals surface area contributed by atoms with Gasteiger partial charge in [-0.05, 0) is 44.7 Å². The van der Waals surface area contributed by atoms with E-state index in [4.69, 9.17) is 0 Å². The lowest BCUT2D eigenvalue weighted by Gasteiger charge is -2.25. The predicted molar refractivity (Wildman–Crippen MR) is 58.5 cm³/mol. The molecule has 1 aromatic rings. The zero-order chi connectivity index (χ0) is 11.8. The summed E-state index contributed by atoms with van der Waals surface area (Å²) in [7, 11) is 0. The molecule has 0 atom stereocenters. The Morgan fingerprint density at radius 1 is 1.50 bits per heavy atom. The van der Waals surface area contributed by atoms with E-state index in [9.17, 15) is 9.18 Å². The van der Waals surface area contributed by atoms with Gasteiger partial charge >= 0.3 is 0 Å². The highest BCUT2D eigenvalue weighted by Gasteiger charge is 2.38. The van der Waals surface area contributed by atoms with E-state index in [1.54, 1.807) is 0 Å². The van der Waals surface area contributed by atoms with Gasteiger partial charge in [-0.25, -0.2) is 4.98 Å². The molecular weight excluding hydrogens is 207 g/mol. The van der Waals surface area contributed by atoms with Crippen LogP contribution in [0.5, 0.6) is 0 Å². The molecule has 0 unspecified atom stereocenters. The third kappa shape index (κ3) is 2.38. The molecule has 16 heavy (non-hydrogen) atoms. The molecule has 0 aliphatic heterocycles. The molecule has 0 spiro atoms. The highest BCUT2D eigenvalue weighted by Crippen LogP contribution is 2.39. The van der Waals surface area contributed by atoms with Gasteiger partial charge in [0.15, 0.2) is 0 Å². The number of carbonyl (C=O) groups excluding carboxylic acids is 1. The van der Waals surface area contributed by atoms with E-state index in [-0.39, 0.29) is 17.1 Å². The average molecular weight is 222 g/mol. The molecule has 1 aromatic heterocycles. The maximum absolute atomic E-state index is 12.8. The fraction of sp³-hybridized carbons (Fsp3) is 0.500. The van der Waals surface area contributed by atoms with Gasteiger partial charge < -0.3 is 5.32 Å². The number of nitrogens with one attached hydrogen (secondary N) is 1. The number of hydrogen-bond acceptors (Lipinski definition) is 2. The van der Waals surface area contributed by atoms with Gasteiger partial charge in [0.25, 0.3) is 5.91 Å². The molecule has 1 fully saturated rings. The van der Waals surface area contributed by atoms with Crippen molar-refractivity contribution in [2.24, 2.45) is 5.92 Å². The molecule has 0 radical (unpaired) electrons. The molecule has 2 rings (SSSR count). The van der Waals surface area contributed by atoms with E-state index in [2.05, 4.69) is 10.3 Å². The van der Waals surface area contributed by atoms with E-state index < -0.39 is 5.95 Å². The van der Waals surface area contributed by atoms with Crippen LogP contribution in [0.1, 0.15) is 37.2 Å². The van der Waals surface area contributed by atoms with Gasteiger partial charge in [0.2, 0.25) is 5.95 Å². The molecule has 0 saturated heterocycles. The first-order chi connectivity index (χ1) is 7.49. The Bertz CT molecular complexity index is 413. The molecule has 1 aliphatic carbocycles. The van der Waals surface area contributed by atoms with Crippen LogP contribution in [0.3, 0.4) is 0 Å². The van der Waals surface area contributed by atoms with Crippen LogP contribution in [0, 0.1) is 11.9 Å². The minimum absolute atomic E-state index is 0.133. The second-order valence-corrected chi connectivity index (χ2v) is 4.80. The fourth-order valence-corrected chi connectivity index (χ4v) is 1.80. The van der Waals surface area contributed by atoms with Crippen LogP contribution in [0.25, 0.3) is 0 Å². The number of aromatic nitrogens is 1. The van der Waals surface area contributed by atoms with Gasteiger partial charge in [0.1, 0.15) is 5.69 Å². The predicted octanol–water partition coefficient (Wildman–Crippen LogP) is 2.14. The molecule has 0 bridgehead atoms. The minimum atomic E-state index is -0.628. The summed E-state index contributed by atoms with van der Waals surface area (Å²) in [4.78, 5) is 15.4. The van der Waals surface area contributed by atoms with E-state index in [0.29, 0.717) is 5.92 Å². The second-order valence-electron chi connectivity index (χ2n) is 4.80. The SMILES string of the molecule is CC(C)(NC(=O)c1cccc(F)n1)C1CC1. The number of pyridine rings is 1. The Morgan fingerprint density at radius 3 is 2.75 bits per heavy atom. The maximum Gasteiger partial charge on any atom is 0.270 e. The lowest BCUT2D eigenvalue weighted by atomic mass is 9.98. The first-order valence-electron chi connectivity index (χ1n) is 5.44. The third-order valence-electron chi connectivity index (χ3n) is 2.98. The topological polar surface area (TPSA) is 42.0 Å². The standard InChI is InChI=1S/C12H15FN2O/c1-12(2,8-6-7-8)15-11(16)9-4-3-5-10(13)14-9/h3-5,8H,6-7H2,1-2H3,(H,15,16). The van der Waals surface area contributed by atoms with Crippen molar-refractivity contribution in [3.63, 3.8) is 0 Å². The molecule has 4 heteroatoms. The van der Waals surface area contributed by atoms with E-state index in [1.807, 2.05) is 13.8 Å². The summed E-state index contributed by atoms with van der Waals surface area (Å²) in [5, 5.41) is 2.89. The zero-order valence-electron chi connectivity index (χ0n) is 9.46. The average Bonchev–Trinajstić information content (AvgIpc) is 3.00. The van der Waals surface area contributed by atoms with Gasteiger partial charge in [-0.15, -0.1) is 0 Å². The van der Waals surface area contributed by atoms with Crippen molar-refractivity contribution in [1.82, 2.24) is 10.3 Å². The Hall–Kier alpha value is -1.45. The van der Waals surface area contributed by atoms with Gasteiger partial charge in [0.05, 0.1) is 0 Å². The number of rotatable bonds is 3. The van der Waals surface area contributed by atoms with Gasteiger partial charge in [0, 0.05) is 5.54 Å². The van der Waals surface area contributed by atoms with Crippen molar-refractivity contribution in [2.75, 3.05) is 0 Å². The Balaban J connectivity index is 2.08. The van der Waals surface area contributed by atoms with Gasteiger partial charge in [-0.3, -0.25) is 4.79 Å². The molecule has 1 amide bonds. The number of amides is 1. The van der Waals surface area contributed by atoms with Crippen molar-refractivity contribution in [1.29, 1.82) is 0 Å². The van der Waals surface area contributed by atoms with Crippen LogP contribution in [0.4, 0.5) is 4.39 Å². The lowest BCUT2D eigenvalue weighted by Crippen LogP contribution is -2.45. The van der Waals surface area contributed by atoms with E-state index in [0.717, 1.165) is 12.8 Å². The largest absolute Gasteiger partial charge is 0.346 e. The summed E-state index contributed by atoms with van der Waals surface area (Å²) in [5.41, 5.74) is -0.0980. The zero-order valence-corrected chi connectivity index (χ0v) is 9.46. The van der Waals surface area contributed by atoms with Crippen molar-refractivity contribution in [3.05, 3.63) is 29.8 Å². The van der Waals surface area contributed by atoms with Crippen LogP contribution in [-0.4, -0.2) is 16.4 Å². The van der Waals surface area contributed by atoms with Crippen LogP contribution < -0.4 is 5.32 Å². The molecule has 0 aromatic carbocycles. The summed E-state index contributed by atoms with van der Waals surface area (Å²) in [5.74, 6) is -0.404. The minimum Gasteiger partial charge on any atom is -0.346 e. The van der Waals surface area contributed by atoms with E-state index in [1.165, 1.54) is 18.2 Å². The first kappa shape index (κ1) is 11.0. The first-order valence-corrected chi connectivity index (χ1v) is 5.44. The Morgan fingerprint density at radius 2 is 2.19 bits per heavy atom. The summed E-state index contributed by atoms with van der Waals surface area (Å²) in [6, 6.07) is 4.23. The van der Waals surface area contributed by atoms with Crippen LogP contribution in [-0.2, 0) is 0 Å². The van der Waals surface area contributed by atoms with E-state index >= 15 is 0 Å². The number of halogens is 1. The van der Waals surface area contributed by atoms with Crippen molar-refractivity contribution in [2.45, 2.75) is 32.2 Å². The van der Waals surface area contributed by atoms with Gasteiger partial charge in [-0.1, -0.05) is 6.07 Å². The van der Waals surface area contributed by atoms with Gasteiger partial charge in [-0.2, -0.15) is 4.39 Å². The summed E-state index contributed by atoms with van der Waals surface area (Å²) in [6.45, 7) is 3.98.